The molecule has 0 unspecified atom stereocenters. The first-order chi connectivity index (χ1) is 20.5. The first kappa shape index (κ1) is 31.4. The van der Waals surface area contributed by atoms with E-state index in [0.717, 1.165) is 33.1 Å². The Hall–Kier alpha value is -4.56. The fourth-order valence-corrected chi connectivity index (χ4v) is 4.49. The van der Waals surface area contributed by atoms with E-state index in [9.17, 15) is 28.0 Å². The minimum absolute atomic E-state index is 0.00206. The highest BCUT2D eigenvalue weighted by Crippen LogP contribution is 2.32. The summed E-state index contributed by atoms with van der Waals surface area (Å²) in [5.41, 5.74) is -1.11. The minimum Gasteiger partial charge on any atom is -0.497 e. The molecule has 230 valence electrons. The second-order valence-electron chi connectivity index (χ2n) is 9.39. The predicted octanol–water partition coefficient (Wildman–Crippen LogP) is 3.20. The molecule has 1 aliphatic heterocycles. The quantitative estimate of drug-likeness (QED) is 0.247. The third-order valence-electron chi connectivity index (χ3n) is 6.37. The van der Waals surface area contributed by atoms with Gasteiger partial charge in [-0.1, -0.05) is 6.07 Å². The van der Waals surface area contributed by atoms with Gasteiger partial charge in [0, 0.05) is 26.2 Å². The number of carbonyl (C=O) groups excluding carboxylic acids is 3. The maximum absolute atomic E-state index is 14.4. The number of benzene rings is 2. The zero-order valence-corrected chi connectivity index (χ0v) is 23.5. The normalized spacial score (nSPS) is 21.6. The lowest BCUT2D eigenvalue weighted by Crippen LogP contribution is -2.63. The molecule has 0 saturated carbocycles. The van der Waals surface area contributed by atoms with Crippen molar-refractivity contribution in [2.75, 3.05) is 13.7 Å². The first-order valence-electron chi connectivity index (χ1n) is 12.9. The number of ether oxygens (including phenoxy) is 7. The van der Waals surface area contributed by atoms with E-state index in [4.69, 9.17) is 37.6 Å². The lowest BCUT2D eigenvalue weighted by molar-refractivity contribution is -0.294. The van der Waals surface area contributed by atoms with Gasteiger partial charge in [-0.15, -0.1) is 0 Å². The number of halogens is 2. The Labute approximate surface area is 243 Å². The summed E-state index contributed by atoms with van der Waals surface area (Å²) in [7, 11) is 1.48. The molecular weight excluding hydrogens is 578 g/mol. The Morgan fingerprint density at radius 1 is 0.837 bits per heavy atom. The molecule has 1 fully saturated rings. The highest BCUT2D eigenvalue weighted by molar-refractivity contribution is 5.84. The van der Waals surface area contributed by atoms with E-state index in [2.05, 4.69) is 0 Å². The molecule has 0 radical (unpaired) electrons. The van der Waals surface area contributed by atoms with Crippen LogP contribution in [0.2, 0.25) is 0 Å². The van der Waals surface area contributed by atoms with E-state index in [0.29, 0.717) is 5.75 Å². The average molecular weight is 607 g/mol. The van der Waals surface area contributed by atoms with Crippen LogP contribution in [-0.4, -0.2) is 62.3 Å². The van der Waals surface area contributed by atoms with E-state index in [1.807, 2.05) is 0 Å². The van der Waals surface area contributed by atoms with Gasteiger partial charge < -0.3 is 37.6 Å². The van der Waals surface area contributed by atoms with E-state index < -0.39 is 79.1 Å². The van der Waals surface area contributed by atoms with Crippen LogP contribution in [0.25, 0.3) is 10.8 Å². The Kier molecular flexibility index (Phi) is 9.93. The molecule has 2 aromatic carbocycles. The maximum Gasteiger partial charge on any atom is 0.341 e. The number of hydrogen-bond donors (Lipinski definition) is 0. The highest BCUT2D eigenvalue weighted by atomic mass is 19.2. The summed E-state index contributed by atoms with van der Waals surface area (Å²) in [6.07, 6.45) is -6.02. The summed E-state index contributed by atoms with van der Waals surface area (Å²) in [5.74, 6) is -3.84. The van der Waals surface area contributed by atoms with Gasteiger partial charge >= 0.3 is 23.5 Å². The Morgan fingerprint density at radius 3 is 2.12 bits per heavy atom. The van der Waals surface area contributed by atoms with E-state index in [1.54, 1.807) is 24.3 Å². The second kappa shape index (κ2) is 13.6. The van der Waals surface area contributed by atoms with Gasteiger partial charge in [-0.25, -0.2) is 13.6 Å². The minimum atomic E-state index is -1.42. The molecule has 14 heteroatoms. The van der Waals surface area contributed by atoms with Crippen LogP contribution in [0.15, 0.2) is 51.9 Å². The third-order valence-corrected chi connectivity index (χ3v) is 6.37. The summed E-state index contributed by atoms with van der Waals surface area (Å²) in [4.78, 5) is 48.7. The van der Waals surface area contributed by atoms with Gasteiger partial charge in [-0.05, 0) is 30.3 Å². The Morgan fingerprint density at radius 2 is 1.49 bits per heavy atom. The number of fused-ring (bicyclic) bond motifs is 1. The molecule has 0 N–H and O–H groups in total. The van der Waals surface area contributed by atoms with Crippen molar-refractivity contribution in [3.8, 4) is 11.5 Å². The summed E-state index contributed by atoms with van der Waals surface area (Å²) in [6, 6.07) is 8.33. The Bertz CT molecular complexity index is 1540. The fraction of sp³-hybridized carbons (Fsp3) is 0.379. The summed E-state index contributed by atoms with van der Waals surface area (Å²) >= 11 is 0. The van der Waals surface area contributed by atoms with Crippen LogP contribution in [0, 0.1) is 11.6 Å². The van der Waals surface area contributed by atoms with Gasteiger partial charge in [0.15, 0.2) is 23.8 Å². The summed E-state index contributed by atoms with van der Waals surface area (Å²) < 4.78 is 72.5. The molecule has 2 heterocycles. The van der Waals surface area contributed by atoms with Gasteiger partial charge in [-0.3, -0.25) is 14.4 Å². The van der Waals surface area contributed by atoms with Gasteiger partial charge in [-0.2, -0.15) is 0 Å². The van der Waals surface area contributed by atoms with Crippen LogP contribution in [0.5, 0.6) is 11.5 Å². The van der Waals surface area contributed by atoms with Crippen LogP contribution in [0.3, 0.4) is 0 Å². The number of carbonyl (C=O) groups is 3. The van der Waals surface area contributed by atoms with Crippen LogP contribution in [0.1, 0.15) is 26.3 Å². The van der Waals surface area contributed by atoms with Crippen molar-refractivity contribution < 1.29 is 60.7 Å². The van der Waals surface area contributed by atoms with Crippen LogP contribution in [0.4, 0.5) is 8.78 Å². The molecule has 1 saturated heterocycles. The number of hydrogen-bond acceptors (Lipinski definition) is 12. The number of esters is 3. The summed E-state index contributed by atoms with van der Waals surface area (Å²) in [5, 5.41) is -0.315. The molecule has 4 rings (SSSR count). The molecular formula is C29H28F2O12. The lowest BCUT2D eigenvalue weighted by atomic mass is 9.98. The van der Waals surface area contributed by atoms with Crippen molar-refractivity contribution in [2.45, 2.75) is 58.1 Å². The average Bonchev–Trinajstić information content (AvgIpc) is 2.95. The lowest BCUT2D eigenvalue weighted by Gasteiger charge is -2.44. The predicted molar refractivity (Wildman–Crippen MR) is 141 cm³/mol. The SMILES string of the molecule is COc1ccc(O[C@@H]2O[C@H](COC(C)=O)[C@H](OC(C)=O)[C@H](OCc3c(=O)occ4c(F)c(F)ccc34)[C@H]2OC(C)=O)cc1. The first-order valence-corrected chi connectivity index (χ1v) is 12.9. The third kappa shape index (κ3) is 7.45. The largest absolute Gasteiger partial charge is 0.497 e. The second-order valence-corrected chi connectivity index (χ2v) is 9.39. The van der Waals surface area contributed by atoms with Crippen molar-refractivity contribution in [1.29, 1.82) is 0 Å². The highest BCUT2D eigenvalue weighted by Gasteiger charge is 2.52. The van der Waals surface area contributed by atoms with Crippen molar-refractivity contribution in [2.24, 2.45) is 0 Å². The van der Waals surface area contributed by atoms with E-state index in [1.165, 1.54) is 13.2 Å². The monoisotopic (exact) mass is 606 g/mol. The summed E-state index contributed by atoms with van der Waals surface area (Å²) in [6.45, 7) is 2.36. The molecule has 0 spiro atoms. The zero-order chi connectivity index (χ0) is 31.3. The smallest absolute Gasteiger partial charge is 0.341 e. The van der Waals surface area contributed by atoms with Gasteiger partial charge in [0.2, 0.25) is 6.29 Å². The van der Waals surface area contributed by atoms with Crippen molar-refractivity contribution >= 4 is 28.7 Å². The molecule has 12 nitrogen and oxygen atoms in total. The molecule has 43 heavy (non-hydrogen) atoms. The molecule has 0 bridgehead atoms. The fourth-order valence-electron chi connectivity index (χ4n) is 4.49. The molecule has 5 atom stereocenters. The topological polar surface area (TPSA) is 146 Å². The molecule has 0 amide bonds. The molecule has 3 aromatic rings. The van der Waals surface area contributed by atoms with E-state index in [-0.39, 0.29) is 22.1 Å². The van der Waals surface area contributed by atoms with Crippen molar-refractivity contribution in [1.82, 2.24) is 0 Å². The van der Waals surface area contributed by atoms with Gasteiger partial charge in [0.05, 0.1) is 24.7 Å². The standard InChI is InChI=1S/C29H28F2O12/c1-14(32)37-13-23-25(40-15(2)33)26(38-12-21-19-9-10-22(30)24(31)20(19)11-39-28(21)35)27(41-16(3)34)29(43-23)42-18-7-5-17(36-4)6-8-18/h5-11,23,25-27,29H,12-13H2,1-4H3/t23-,25+,26+,27-,29-/m1/s1. The van der Waals surface area contributed by atoms with Crippen molar-refractivity contribution in [3.63, 3.8) is 0 Å². The maximum atomic E-state index is 14.4. The van der Waals surface area contributed by atoms with Gasteiger partial charge in [0.25, 0.3) is 0 Å². The molecule has 1 aromatic heterocycles. The molecule has 0 aliphatic carbocycles. The Balaban J connectivity index is 1.75. The van der Waals surface area contributed by atoms with Crippen LogP contribution >= 0.6 is 0 Å². The zero-order valence-electron chi connectivity index (χ0n) is 23.5. The molecule has 1 aliphatic rings. The van der Waals surface area contributed by atoms with E-state index >= 15 is 0 Å². The van der Waals surface area contributed by atoms with Crippen LogP contribution < -0.4 is 15.1 Å². The number of rotatable bonds is 10. The number of methoxy groups -OCH3 is 1. The van der Waals surface area contributed by atoms with Gasteiger partial charge in [0.1, 0.15) is 36.6 Å². The van der Waals surface area contributed by atoms with Crippen LogP contribution in [-0.2, 0) is 44.7 Å². The van der Waals surface area contributed by atoms with Crippen molar-refractivity contribution in [3.05, 3.63) is 70.3 Å².